The smallest absolute Gasteiger partial charge is 0.119 e. The Morgan fingerprint density at radius 1 is 1.05 bits per heavy atom. The normalized spacial score (nSPS) is 30.5. The van der Waals surface area contributed by atoms with E-state index in [9.17, 15) is 0 Å². The Bertz CT molecular complexity index is 441. The Kier molecular flexibility index (Phi) is 4.84. The van der Waals surface area contributed by atoms with E-state index < -0.39 is 0 Å². The van der Waals surface area contributed by atoms with E-state index in [4.69, 9.17) is 10.5 Å². The molecule has 2 heteroatoms. The second-order valence-electron chi connectivity index (χ2n) is 6.91. The van der Waals surface area contributed by atoms with Crippen LogP contribution in [0.25, 0.3) is 0 Å². The van der Waals surface area contributed by atoms with Crippen molar-refractivity contribution in [3.63, 3.8) is 0 Å². The Labute approximate surface area is 129 Å². The van der Waals surface area contributed by atoms with Gasteiger partial charge in [0.1, 0.15) is 5.75 Å². The third-order valence-corrected chi connectivity index (χ3v) is 5.66. The number of hydrogen-bond donors (Lipinski definition) is 1. The van der Waals surface area contributed by atoms with E-state index in [1.807, 2.05) is 6.92 Å². The molecule has 1 aromatic carbocycles. The summed E-state index contributed by atoms with van der Waals surface area (Å²) < 4.78 is 5.52. The molecule has 0 aliphatic heterocycles. The standard InChI is InChI=1S/C19H29NO/c1-2-21-18-11-9-15(10-12-18)19(20)17-8-7-14-5-3-4-6-16(14)13-17/h9-12,14,16-17,19H,2-8,13,20H2,1H3. The topological polar surface area (TPSA) is 35.2 Å². The summed E-state index contributed by atoms with van der Waals surface area (Å²) in [6, 6.07) is 8.63. The van der Waals surface area contributed by atoms with Crippen LogP contribution in [0.2, 0.25) is 0 Å². The van der Waals surface area contributed by atoms with Crippen LogP contribution in [0.3, 0.4) is 0 Å². The average molecular weight is 287 g/mol. The second-order valence-corrected chi connectivity index (χ2v) is 6.91. The quantitative estimate of drug-likeness (QED) is 0.871. The van der Waals surface area contributed by atoms with Crippen molar-refractivity contribution in [3.05, 3.63) is 29.8 Å². The van der Waals surface area contributed by atoms with Gasteiger partial charge in [-0.2, -0.15) is 0 Å². The Balaban J connectivity index is 1.63. The van der Waals surface area contributed by atoms with E-state index in [1.54, 1.807) is 0 Å². The zero-order valence-corrected chi connectivity index (χ0v) is 13.3. The molecule has 0 heterocycles. The summed E-state index contributed by atoms with van der Waals surface area (Å²) >= 11 is 0. The number of rotatable bonds is 4. The lowest BCUT2D eigenvalue weighted by molar-refractivity contribution is 0.117. The molecule has 0 radical (unpaired) electrons. The van der Waals surface area contributed by atoms with E-state index >= 15 is 0 Å². The second kappa shape index (κ2) is 6.83. The molecule has 3 rings (SSSR count). The zero-order valence-electron chi connectivity index (χ0n) is 13.3. The molecule has 2 nitrogen and oxygen atoms in total. The molecule has 0 aromatic heterocycles. The minimum Gasteiger partial charge on any atom is -0.494 e. The molecule has 116 valence electrons. The summed E-state index contributed by atoms with van der Waals surface area (Å²) in [6.45, 7) is 2.74. The van der Waals surface area contributed by atoms with Crippen molar-refractivity contribution in [2.45, 2.75) is 57.9 Å². The van der Waals surface area contributed by atoms with E-state index in [2.05, 4.69) is 24.3 Å². The highest BCUT2D eigenvalue weighted by molar-refractivity contribution is 5.29. The molecule has 2 aliphatic rings. The van der Waals surface area contributed by atoms with Gasteiger partial charge in [-0.15, -0.1) is 0 Å². The maximum atomic E-state index is 6.57. The summed E-state index contributed by atoms with van der Waals surface area (Å²) in [7, 11) is 0. The highest BCUT2D eigenvalue weighted by atomic mass is 16.5. The minimum atomic E-state index is 0.198. The third kappa shape index (κ3) is 3.42. The first-order chi connectivity index (χ1) is 10.3. The molecule has 0 amide bonds. The summed E-state index contributed by atoms with van der Waals surface area (Å²) in [5, 5.41) is 0. The van der Waals surface area contributed by atoms with Crippen LogP contribution in [0, 0.1) is 17.8 Å². The van der Waals surface area contributed by atoms with Crippen molar-refractivity contribution in [1.82, 2.24) is 0 Å². The zero-order chi connectivity index (χ0) is 14.7. The first-order valence-corrected chi connectivity index (χ1v) is 8.76. The molecule has 0 saturated heterocycles. The van der Waals surface area contributed by atoms with E-state index in [1.165, 1.54) is 50.5 Å². The number of benzene rings is 1. The fraction of sp³-hybridized carbons (Fsp3) is 0.684. The molecule has 2 saturated carbocycles. The van der Waals surface area contributed by atoms with E-state index in [0.29, 0.717) is 5.92 Å². The van der Waals surface area contributed by atoms with Crippen LogP contribution >= 0.6 is 0 Å². The Morgan fingerprint density at radius 2 is 1.76 bits per heavy atom. The van der Waals surface area contributed by atoms with Crippen LogP contribution < -0.4 is 10.5 Å². The molecular formula is C19H29NO. The fourth-order valence-electron chi connectivity index (χ4n) is 4.46. The lowest BCUT2D eigenvalue weighted by Crippen LogP contribution is -2.33. The number of fused-ring (bicyclic) bond motifs is 1. The minimum absolute atomic E-state index is 0.198. The van der Waals surface area contributed by atoms with E-state index in [0.717, 1.165) is 24.2 Å². The largest absolute Gasteiger partial charge is 0.494 e. The summed E-state index contributed by atoms with van der Waals surface area (Å²) in [5.41, 5.74) is 7.85. The van der Waals surface area contributed by atoms with Crippen molar-refractivity contribution in [1.29, 1.82) is 0 Å². The predicted molar refractivity (Wildman–Crippen MR) is 87.3 cm³/mol. The third-order valence-electron chi connectivity index (χ3n) is 5.66. The maximum Gasteiger partial charge on any atom is 0.119 e. The van der Waals surface area contributed by atoms with Crippen LogP contribution in [0.1, 0.15) is 63.5 Å². The first kappa shape index (κ1) is 14.9. The Morgan fingerprint density at radius 3 is 2.48 bits per heavy atom. The van der Waals surface area contributed by atoms with Crippen LogP contribution in [-0.2, 0) is 0 Å². The molecule has 0 bridgehead atoms. The number of nitrogens with two attached hydrogens (primary N) is 1. The van der Waals surface area contributed by atoms with Crippen LogP contribution in [0.4, 0.5) is 0 Å². The van der Waals surface area contributed by atoms with Gasteiger partial charge in [0, 0.05) is 6.04 Å². The van der Waals surface area contributed by atoms with Crippen molar-refractivity contribution < 1.29 is 4.74 Å². The highest BCUT2D eigenvalue weighted by Gasteiger charge is 2.34. The summed E-state index contributed by atoms with van der Waals surface area (Å²) in [5.74, 6) is 3.57. The molecule has 2 aliphatic carbocycles. The molecule has 2 fully saturated rings. The molecule has 4 unspecified atom stereocenters. The molecule has 21 heavy (non-hydrogen) atoms. The van der Waals surface area contributed by atoms with Crippen LogP contribution in [-0.4, -0.2) is 6.61 Å². The summed E-state index contributed by atoms with van der Waals surface area (Å²) in [6.07, 6.45) is 9.87. The SMILES string of the molecule is CCOc1ccc(C(N)C2CCC3CCCCC3C2)cc1. The first-order valence-electron chi connectivity index (χ1n) is 8.76. The highest BCUT2D eigenvalue weighted by Crippen LogP contribution is 2.45. The van der Waals surface area contributed by atoms with Crippen molar-refractivity contribution >= 4 is 0 Å². The van der Waals surface area contributed by atoms with Gasteiger partial charge in [0.15, 0.2) is 0 Å². The maximum absolute atomic E-state index is 6.57. The number of ether oxygens (including phenoxy) is 1. The van der Waals surface area contributed by atoms with Gasteiger partial charge in [0.05, 0.1) is 6.61 Å². The van der Waals surface area contributed by atoms with Gasteiger partial charge in [-0.1, -0.05) is 37.8 Å². The van der Waals surface area contributed by atoms with Crippen LogP contribution in [0.15, 0.2) is 24.3 Å². The van der Waals surface area contributed by atoms with Crippen LogP contribution in [0.5, 0.6) is 5.75 Å². The van der Waals surface area contributed by atoms with Crippen molar-refractivity contribution in [2.24, 2.45) is 23.5 Å². The van der Waals surface area contributed by atoms with E-state index in [-0.39, 0.29) is 6.04 Å². The van der Waals surface area contributed by atoms with Gasteiger partial charge in [-0.25, -0.2) is 0 Å². The fourth-order valence-corrected chi connectivity index (χ4v) is 4.46. The molecular weight excluding hydrogens is 258 g/mol. The average Bonchev–Trinajstić information content (AvgIpc) is 2.55. The van der Waals surface area contributed by atoms with Gasteiger partial charge in [0.2, 0.25) is 0 Å². The molecule has 2 N–H and O–H groups in total. The number of hydrogen-bond acceptors (Lipinski definition) is 2. The van der Waals surface area contributed by atoms with Gasteiger partial charge >= 0.3 is 0 Å². The van der Waals surface area contributed by atoms with Gasteiger partial charge in [-0.05, 0) is 61.6 Å². The molecule has 0 spiro atoms. The van der Waals surface area contributed by atoms with Crippen molar-refractivity contribution in [2.75, 3.05) is 6.61 Å². The lowest BCUT2D eigenvalue weighted by atomic mass is 9.65. The Hall–Kier alpha value is -1.02. The van der Waals surface area contributed by atoms with Gasteiger partial charge in [-0.3, -0.25) is 0 Å². The predicted octanol–water partition coefficient (Wildman–Crippen LogP) is 4.69. The lowest BCUT2D eigenvalue weighted by Gasteiger charge is -2.41. The molecule has 4 atom stereocenters. The van der Waals surface area contributed by atoms with Gasteiger partial charge < -0.3 is 10.5 Å². The van der Waals surface area contributed by atoms with Crippen molar-refractivity contribution in [3.8, 4) is 5.75 Å². The summed E-state index contributed by atoms with van der Waals surface area (Å²) in [4.78, 5) is 0. The van der Waals surface area contributed by atoms with Gasteiger partial charge in [0.25, 0.3) is 0 Å². The molecule has 1 aromatic rings. The monoisotopic (exact) mass is 287 g/mol.